The van der Waals surface area contributed by atoms with Gasteiger partial charge in [0, 0.05) is 13.5 Å². The number of rotatable bonds is 2. The number of anilines is 1. The number of aryl methyl sites for hydroxylation is 2. The van der Waals surface area contributed by atoms with Crippen LogP contribution in [0.3, 0.4) is 0 Å². The van der Waals surface area contributed by atoms with E-state index in [0.29, 0.717) is 18.8 Å². The Morgan fingerprint density at radius 1 is 1.40 bits per heavy atom. The van der Waals surface area contributed by atoms with Crippen molar-refractivity contribution in [3.05, 3.63) is 23.8 Å². The number of piperidine rings is 1. The lowest BCUT2D eigenvalue weighted by molar-refractivity contribution is -0.133. The lowest BCUT2D eigenvalue weighted by atomic mass is 10.1. The van der Waals surface area contributed by atoms with Crippen molar-refractivity contribution in [2.45, 2.75) is 25.8 Å². The van der Waals surface area contributed by atoms with E-state index in [-0.39, 0.29) is 11.8 Å². The highest BCUT2D eigenvalue weighted by Gasteiger charge is 2.27. The number of nitrogens with one attached hydrogen (secondary N) is 2. The van der Waals surface area contributed by atoms with Crippen molar-refractivity contribution < 1.29 is 9.59 Å². The smallest absolute Gasteiger partial charge is 0.249 e. The number of nitrogens with zero attached hydrogens (tertiary/aromatic N) is 2. The van der Waals surface area contributed by atoms with E-state index in [9.17, 15) is 9.59 Å². The largest absolute Gasteiger partial charge is 0.344 e. The molecule has 0 saturated carbocycles. The second-order valence-electron chi connectivity index (χ2n) is 5.13. The van der Waals surface area contributed by atoms with Gasteiger partial charge in [-0.25, -0.2) is 4.98 Å². The normalized spacial score (nSPS) is 19.2. The Labute approximate surface area is 116 Å². The van der Waals surface area contributed by atoms with Gasteiger partial charge < -0.3 is 9.88 Å². The maximum atomic E-state index is 11.8. The molecule has 0 spiro atoms. The third-order valence-corrected chi connectivity index (χ3v) is 3.58. The monoisotopic (exact) mass is 272 g/mol. The Morgan fingerprint density at radius 3 is 2.95 bits per heavy atom. The predicted molar refractivity (Wildman–Crippen MR) is 75.2 cm³/mol. The molecule has 2 N–H and O–H groups in total. The van der Waals surface area contributed by atoms with Gasteiger partial charge in [0.25, 0.3) is 0 Å². The van der Waals surface area contributed by atoms with Crippen LogP contribution < -0.4 is 10.6 Å². The molecule has 0 aliphatic carbocycles. The molecule has 1 fully saturated rings. The first-order valence-corrected chi connectivity index (χ1v) is 6.58. The maximum Gasteiger partial charge on any atom is 0.249 e. The molecule has 3 rings (SSSR count). The second kappa shape index (κ2) is 4.63. The Hall–Kier alpha value is -2.37. The highest BCUT2D eigenvalue weighted by molar-refractivity contribution is 6.01. The van der Waals surface area contributed by atoms with Crippen molar-refractivity contribution in [1.82, 2.24) is 14.9 Å². The summed E-state index contributed by atoms with van der Waals surface area (Å²) in [6.45, 7) is 2.03. The van der Waals surface area contributed by atoms with Gasteiger partial charge >= 0.3 is 0 Å². The molecule has 2 amide bonds. The van der Waals surface area contributed by atoms with E-state index in [1.807, 2.05) is 30.7 Å². The summed E-state index contributed by atoms with van der Waals surface area (Å²) in [5, 5.41) is 5.45. The minimum Gasteiger partial charge on any atom is -0.344 e. The van der Waals surface area contributed by atoms with Gasteiger partial charge in [0.15, 0.2) is 0 Å². The zero-order valence-electron chi connectivity index (χ0n) is 11.4. The van der Waals surface area contributed by atoms with Crippen LogP contribution in [0.2, 0.25) is 0 Å². The first-order chi connectivity index (χ1) is 9.54. The van der Waals surface area contributed by atoms with E-state index in [1.165, 1.54) is 0 Å². The lowest BCUT2D eigenvalue weighted by Gasteiger charge is -2.22. The summed E-state index contributed by atoms with van der Waals surface area (Å²) >= 11 is 0. The molecular formula is C14H16N4O2. The number of aromatic nitrogens is 2. The zero-order valence-corrected chi connectivity index (χ0v) is 11.4. The molecule has 1 aromatic heterocycles. The van der Waals surface area contributed by atoms with Crippen LogP contribution in [0, 0.1) is 6.92 Å². The Bertz CT molecular complexity index is 705. The SMILES string of the molecule is Cc1ccc2nc(NC3CCC(=O)NC3=O)n(C)c2c1. The molecule has 1 aliphatic rings. The molecule has 1 saturated heterocycles. The molecule has 1 aromatic carbocycles. The third kappa shape index (κ3) is 2.13. The van der Waals surface area contributed by atoms with Crippen LogP contribution in [0.25, 0.3) is 11.0 Å². The number of hydrogen-bond acceptors (Lipinski definition) is 4. The topological polar surface area (TPSA) is 76.0 Å². The number of imide groups is 1. The average Bonchev–Trinajstić information content (AvgIpc) is 2.70. The molecule has 6 nitrogen and oxygen atoms in total. The summed E-state index contributed by atoms with van der Waals surface area (Å²) < 4.78 is 1.92. The van der Waals surface area contributed by atoms with E-state index < -0.39 is 6.04 Å². The lowest BCUT2D eigenvalue weighted by Crippen LogP contribution is -2.47. The number of amides is 2. The number of imidazole rings is 1. The molecule has 0 bridgehead atoms. The quantitative estimate of drug-likeness (QED) is 0.803. The fourth-order valence-electron chi connectivity index (χ4n) is 2.42. The molecule has 2 heterocycles. The van der Waals surface area contributed by atoms with E-state index in [4.69, 9.17) is 0 Å². The van der Waals surface area contributed by atoms with E-state index in [1.54, 1.807) is 0 Å². The van der Waals surface area contributed by atoms with Gasteiger partial charge in [0.2, 0.25) is 17.8 Å². The van der Waals surface area contributed by atoms with E-state index >= 15 is 0 Å². The number of carbonyl (C=O) groups is 2. The first kappa shape index (κ1) is 12.7. The number of carbonyl (C=O) groups excluding carboxylic acids is 2. The minimum atomic E-state index is -0.413. The highest BCUT2D eigenvalue weighted by atomic mass is 16.2. The van der Waals surface area contributed by atoms with Crippen LogP contribution in [0.15, 0.2) is 18.2 Å². The molecule has 2 aromatic rings. The van der Waals surface area contributed by atoms with Crippen molar-refractivity contribution in [1.29, 1.82) is 0 Å². The molecule has 1 aliphatic heterocycles. The third-order valence-electron chi connectivity index (χ3n) is 3.58. The second-order valence-corrected chi connectivity index (χ2v) is 5.13. The molecule has 0 radical (unpaired) electrons. The number of hydrogen-bond donors (Lipinski definition) is 2. The van der Waals surface area contributed by atoms with Crippen LogP contribution in [0.1, 0.15) is 18.4 Å². The Kier molecular flexibility index (Phi) is 2.93. The first-order valence-electron chi connectivity index (χ1n) is 6.58. The van der Waals surface area contributed by atoms with Crippen molar-refractivity contribution in [2.24, 2.45) is 7.05 Å². The summed E-state index contributed by atoms with van der Waals surface area (Å²) in [4.78, 5) is 27.4. The molecule has 104 valence electrons. The van der Waals surface area contributed by atoms with Crippen LogP contribution >= 0.6 is 0 Å². The van der Waals surface area contributed by atoms with Gasteiger partial charge in [-0.05, 0) is 31.0 Å². The maximum absolute atomic E-state index is 11.8. The van der Waals surface area contributed by atoms with Crippen molar-refractivity contribution in [3.63, 3.8) is 0 Å². The van der Waals surface area contributed by atoms with Crippen LogP contribution in [0.4, 0.5) is 5.95 Å². The fraction of sp³-hybridized carbons (Fsp3) is 0.357. The van der Waals surface area contributed by atoms with Gasteiger partial charge in [0.05, 0.1) is 11.0 Å². The van der Waals surface area contributed by atoms with Crippen molar-refractivity contribution >= 4 is 28.8 Å². The number of benzene rings is 1. The van der Waals surface area contributed by atoms with E-state index in [2.05, 4.69) is 21.7 Å². The van der Waals surface area contributed by atoms with Crippen LogP contribution in [-0.4, -0.2) is 27.4 Å². The van der Waals surface area contributed by atoms with Crippen molar-refractivity contribution in [3.8, 4) is 0 Å². The Morgan fingerprint density at radius 2 is 2.20 bits per heavy atom. The number of fused-ring (bicyclic) bond motifs is 1. The predicted octanol–water partition coefficient (Wildman–Crippen LogP) is 1.10. The molecule has 1 atom stereocenters. The minimum absolute atomic E-state index is 0.214. The standard InChI is InChI=1S/C14H16N4O2/c1-8-3-4-9-11(7-8)18(2)14(15-9)16-10-5-6-12(19)17-13(10)20/h3-4,7,10H,5-6H2,1-2H3,(H,15,16)(H,17,19,20). The van der Waals surface area contributed by atoms with Crippen LogP contribution in [0.5, 0.6) is 0 Å². The highest BCUT2D eigenvalue weighted by Crippen LogP contribution is 2.21. The summed E-state index contributed by atoms with van der Waals surface area (Å²) in [6.07, 6.45) is 0.847. The van der Waals surface area contributed by atoms with Gasteiger partial charge in [-0.3, -0.25) is 14.9 Å². The van der Waals surface area contributed by atoms with Gasteiger partial charge in [-0.2, -0.15) is 0 Å². The summed E-state index contributed by atoms with van der Waals surface area (Å²) in [7, 11) is 1.91. The van der Waals surface area contributed by atoms with E-state index in [0.717, 1.165) is 16.6 Å². The van der Waals surface area contributed by atoms with Gasteiger partial charge in [-0.15, -0.1) is 0 Å². The van der Waals surface area contributed by atoms with Gasteiger partial charge in [0.1, 0.15) is 6.04 Å². The molecular weight excluding hydrogens is 256 g/mol. The Balaban J connectivity index is 1.89. The molecule has 20 heavy (non-hydrogen) atoms. The molecule has 6 heteroatoms. The fourth-order valence-corrected chi connectivity index (χ4v) is 2.42. The summed E-state index contributed by atoms with van der Waals surface area (Å²) in [5.41, 5.74) is 3.06. The average molecular weight is 272 g/mol. The van der Waals surface area contributed by atoms with Crippen molar-refractivity contribution in [2.75, 3.05) is 5.32 Å². The van der Waals surface area contributed by atoms with Crippen LogP contribution in [-0.2, 0) is 16.6 Å². The summed E-state index contributed by atoms with van der Waals surface area (Å²) in [5.74, 6) is 0.137. The molecule has 1 unspecified atom stereocenters. The summed E-state index contributed by atoms with van der Waals surface area (Å²) in [6, 6.07) is 5.60. The van der Waals surface area contributed by atoms with Gasteiger partial charge in [-0.1, -0.05) is 6.07 Å². The zero-order chi connectivity index (χ0) is 14.3.